The van der Waals surface area contributed by atoms with Crippen LogP contribution in [0.3, 0.4) is 0 Å². The number of thiophene rings is 1. The fourth-order valence-electron chi connectivity index (χ4n) is 3.26. The molecule has 3 nitrogen and oxygen atoms in total. The zero-order valence-electron chi connectivity index (χ0n) is 16.0. The molecule has 0 aliphatic rings. The molecule has 1 N–H and O–H groups in total. The van der Waals surface area contributed by atoms with Crippen LogP contribution in [0.15, 0.2) is 53.9 Å². The highest BCUT2D eigenvalue weighted by molar-refractivity contribution is 7.98. The van der Waals surface area contributed by atoms with Crippen molar-refractivity contribution < 1.29 is 9.59 Å². The van der Waals surface area contributed by atoms with Crippen LogP contribution < -0.4 is 5.32 Å². The van der Waals surface area contributed by atoms with E-state index in [9.17, 15) is 9.59 Å². The van der Waals surface area contributed by atoms with Gasteiger partial charge in [-0.1, -0.05) is 31.2 Å². The van der Waals surface area contributed by atoms with Crippen LogP contribution in [0.2, 0.25) is 0 Å². The minimum Gasteiger partial charge on any atom is -0.352 e. The third-order valence-corrected chi connectivity index (χ3v) is 5.79. The van der Waals surface area contributed by atoms with Gasteiger partial charge in [-0.05, 0) is 70.5 Å². The Morgan fingerprint density at radius 3 is 2.64 bits per heavy atom. The molecule has 0 fully saturated rings. The van der Waals surface area contributed by atoms with Crippen LogP contribution in [0.5, 0.6) is 0 Å². The molecule has 1 amide bonds. The predicted octanol–water partition coefficient (Wildman–Crippen LogP) is 5.84. The molecular formula is C23H23NO2S2. The smallest absolute Gasteiger partial charge is 0.220 e. The number of carbonyl (C=O) groups excluding carboxylic acids is 2. The van der Waals surface area contributed by atoms with Crippen molar-refractivity contribution in [2.45, 2.75) is 33.2 Å². The summed E-state index contributed by atoms with van der Waals surface area (Å²) in [5, 5.41) is 6.93. The summed E-state index contributed by atoms with van der Waals surface area (Å²) in [5.74, 6) is 0.0491. The molecule has 0 spiro atoms. The van der Waals surface area contributed by atoms with Crippen molar-refractivity contribution in [1.29, 1.82) is 0 Å². The number of rotatable bonds is 7. The third-order valence-electron chi connectivity index (χ3n) is 4.63. The zero-order valence-corrected chi connectivity index (χ0v) is 17.7. The second-order valence-corrected chi connectivity index (χ2v) is 7.94. The molecule has 0 aliphatic heterocycles. The van der Waals surface area contributed by atoms with Crippen molar-refractivity contribution in [1.82, 2.24) is 5.32 Å². The molecule has 0 unspecified atom stereocenters. The second-order valence-electron chi connectivity index (χ2n) is 6.58. The molecule has 144 valence electrons. The molecule has 1 heterocycles. The number of hydrogen-bond donors (Lipinski definition) is 2. The summed E-state index contributed by atoms with van der Waals surface area (Å²) in [4.78, 5) is 25.0. The summed E-state index contributed by atoms with van der Waals surface area (Å²) in [5.41, 5.74) is 3.58. The zero-order chi connectivity index (χ0) is 20.1. The first-order valence-electron chi connectivity index (χ1n) is 9.30. The van der Waals surface area contributed by atoms with Crippen molar-refractivity contribution in [3.05, 3.63) is 65.0 Å². The van der Waals surface area contributed by atoms with E-state index in [-0.39, 0.29) is 11.0 Å². The Morgan fingerprint density at radius 1 is 1.18 bits per heavy atom. The Morgan fingerprint density at radius 2 is 2.00 bits per heavy atom. The molecule has 0 aliphatic carbocycles. The van der Waals surface area contributed by atoms with E-state index in [2.05, 4.69) is 41.5 Å². The van der Waals surface area contributed by atoms with Gasteiger partial charge in [-0.25, -0.2) is 0 Å². The Balaban J connectivity index is 2.10. The van der Waals surface area contributed by atoms with E-state index in [1.807, 2.05) is 38.1 Å². The van der Waals surface area contributed by atoms with Crippen LogP contribution in [-0.4, -0.2) is 11.0 Å². The molecule has 1 aromatic heterocycles. The average Bonchev–Trinajstić information content (AvgIpc) is 3.21. The van der Waals surface area contributed by atoms with E-state index in [1.165, 1.54) is 4.88 Å². The van der Waals surface area contributed by atoms with Gasteiger partial charge in [-0.2, -0.15) is 0 Å². The van der Waals surface area contributed by atoms with E-state index in [0.717, 1.165) is 33.9 Å². The Kier molecular flexibility index (Phi) is 6.70. The van der Waals surface area contributed by atoms with Crippen LogP contribution in [0.1, 0.15) is 37.8 Å². The van der Waals surface area contributed by atoms with E-state index >= 15 is 0 Å². The predicted molar refractivity (Wildman–Crippen MR) is 122 cm³/mol. The van der Waals surface area contributed by atoms with Crippen molar-refractivity contribution in [2.24, 2.45) is 0 Å². The lowest BCUT2D eigenvalue weighted by molar-refractivity contribution is -0.121. The third kappa shape index (κ3) is 4.54. The van der Waals surface area contributed by atoms with E-state index in [0.29, 0.717) is 18.5 Å². The number of benzene rings is 2. The lowest BCUT2D eigenvalue weighted by Crippen LogP contribution is -2.22. The number of nitrogens with one attached hydrogen (secondary N) is 1. The number of fused-ring (bicyclic) bond motifs is 1. The molecule has 3 rings (SSSR count). The number of thiol groups is 1. The Hall–Kier alpha value is -2.37. The van der Waals surface area contributed by atoms with Crippen LogP contribution in [0.4, 0.5) is 0 Å². The Labute approximate surface area is 174 Å². The summed E-state index contributed by atoms with van der Waals surface area (Å²) in [6.07, 6.45) is 3.12. The lowest BCUT2D eigenvalue weighted by atomic mass is 9.95. The molecular weight excluding hydrogens is 386 g/mol. The van der Waals surface area contributed by atoms with Crippen molar-refractivity contribution in [3.8, 4) is 10.4 Å². The van der Waals surface area contributed by atoms with Gasteiger partial charge < -0.3 is 5.32 Å². The van der Waals surface area contributed by atoms with Crippen molar-refractivity contribution in [3.63, 3.8) is 0 Å². The fraction of sp³-hybridized carbons (Fsp3) is 0.217. The monoisotopic (exact) mass is 409 g/mol. The van der Waals surface area contributed by atoms with Crippen molar-refractivity contribution in [2.75, 3.05) is 0 Å². The minimum atomic E-state index is -0.255. The van der Waals surface area contributed by atoms with E-state index in [1.54, 1.807) is 17.4 Å². The highest BCUT2D eigenvalue weighted by atomic mass is 32.1. The fourth-order valence-corrected chi connectivity index (χ4v) is 4.23. The molecule has 0 saturated carbocycles. The van der Waals surface area contributed by atoms with Gasteiger partial charge in [0.15, 0.2) is 0 Å². The van der Waals surface area contributed by atoms with Gasteiger partial charge in [-0.3, -0.25) is 9.59 Å². The number of amides is 1. The van der Waals surface area contributed by atoms with Crippen LogP contribution in [-0.2, 0) is 16.1 Å². The highest BCUT2D eigenvalue weighted by Gasteiger charge is 2.12. The van der Waals surface area contributed by atoms with Gasteiger partial charge in [0, 0.05) is 23.4 Å². The molecule has 28 heavy (non-hydrogen) atoms. The topological polar surface area (TPSA) is 46.2 Å². The first-order valence-corrected chi connectivity index (χ1v) is 10.6. The normalized spacial score (nSPS) is 11.6. The Bertz CT molecular complexity index is 1040. The van der Waals surface area contributed by atoms with E-state index in [4.69, 9.17) is 0 Å². The number of hydrogen-bond acceptors (Lipinski definition) is 3. The largest absolute Gasteiger partial charge is 0.352 e. The van der Waals surface area contributed by atoms with Gasteiger partial charge in [0.1, 0.15) is 0 Å². The SMILES string of the molecule is C/C=C(/C(=O)S)c1ccc2cc(-c3cccs3)cc(CNC(=O)CCC)c2c1. The van der Waals surface area contributed by atoms with Crippen molar-refractivity contribution >= 4 is 51.3 Å². The first-order chi connectivity index (χ1) is 13.5. The number of allylic oxidation sites excluding steroid dienone is 1. The lowest BCUT2D eigenvalue weighted by Gasteiger charge is -2.13. The summed E-state index contributed by atoms with van der Waals surface area (Å²) >= 11 is 5.68. The van der Waals surface area contributed by atoms with Gasteiger partial charge in [-0.15, -0.1) is 24.0 Å². The number of carbonyl (C=O) groups is 2. The molecule has 0 bridgehead atoms. The maximum absolute atomic E-state index is 12.0. The second kappa shape index (κ2) is 9.22. The molecule has 0 radical (unpaired) electrons. The van der Waals surface area contributed by atoms with E-state index < -0.39 is 0 Å². The maximum atomic E-state index is 12.0. The standard InChI is InChI=1S/C23H23NO2S2/c1-3-6-22(25)24-14-18-12-17(21-7-5-10-28-21)11-15-8-9-16(13-20(15)18)19(4-2)23(26)27/h4-5,7-13H,3,6,14H2,1-2H3,(H,24,25)(H,26,27)/b19-4+. The maximum Gasteiger partial charge on any atom is 0.220 e. The molecule has 2 aromatic carbocycles. The van der Waals surface area contributed by atoms with Crippen LogP contribution in [0, 0.1) is 0 Å². The summed E-state index contributed by atoms with van der Waals surface area (Å²) in [6.45, 7) is 4.28. The molecule has 0 atom stereocenters. The average molecular weight is 410 g/mol. The summed E-state index contributed by atoms with van der Waals surface area (Å²) < 4.78 is 0. The first kappa shape index (κ1) is 20.4. The van der Waals surface area contributed by atoms with Gasteiger partial charge in [0.25, 0.3) is 0 Å². The molecule has 5 heteroatoms. The summed E-state index contributed by atoms with van der Waals surface area (Å²) in [6, 6.07) is 14.4. The highest BCUT2D eigenvalue weighted by Crippen LogP contribution is 2.32. The minimum absolute atomic E-state index is 0.0491. The van der Waals surface area contributed by atoms with Gasteiger partial charge >= 0.3 is 0 Å². The van der Waals surface area contributed by atoms with Gasteiger partial charge in [0.2, 0.25) is 11.0 Å². The quantitative estimate of drug-likeness (QED) is 0.380. The van der Waals surface area contributed by atoms with Gasteiger partial charge in [0.05, 0.1) is 0 Å². The molecule has 0 saturated heterocycles. The van der Waals surface area contributed by atoms with Crippen LogP contribution >= 0.6 is 24.0 Å². The molecule has 3 aromatic rings. The summed E-state index contributed by atoms with van der Waals surface area (Å²) in [7, 11) is 0. The van der Waals surface area contributed by atoms with Crippen LogP contribution in [0.25, 0.3) is 26.8 Å².